The van der Waals surface area contributed by atoms with Gasteiger partial charge < -0.3 is 5.11 Å². The Balaban J connectivity index is 1.88. The fourth-order valence-electron chi connectivity index (χ4n) is 3.34. The molecule has 1 atom stereocenters. The summed E-state index contributed by atoms with van der Waals surface area (Å²) < 4.78 is 0. The maximum atomic E-state index is 11.4. The molecule has 25 heavy (non-hydrogen) atoms. The largest absolute Gasteiger partial charge is 0.385 e. The van der Waals surface area contributed by atoms with E-state index in [-0.39, 0.29) is 0 Å². The van der Waals surface area contributed by atoms with Crippen LogP contribution in [0.15, 0.2) is 84.9 Å². The minimum absolute atomic E-state index is 0.651. The van der Waals surface area contributed by atoms with Gasteiger partial charge >= 0.3 is 0 Å². The molecule has 0 bridgehead atoms. The predicted molar refractivity (Wildman–Crippen MR) is 105 cm³/mol. The van der Waals surface area contributed by atoms with Gasteiger partial charge in [0.2, 0.25) is 0 Å². The third kappa shape index (κ3) is 4.37. The molecule has 128 valence electrons. The highest BCUT2D eigenvalue weighted by molar-refractivity contribution is 5.63. The zero-order valence-electron chi connectivity index (χ0n) is 14.9. The summed E-state index contributed by atoms with van der Waals surface area (Å²) in [6.45, 7) is 2.17. The number of benzene rings is 3. The minimum Gasteiger partial charge on any atom is -0.385 e. The van der Waals surface area contributed by atoms with Crippen molar-refractivity contribution < 1.29 is 5.11 Å². The summed E-state index contributed by atoms with van der Waals surface area (Å²) in [5, 5.41) is 11.4. The van der Waals surface area contributed by atoms with Crippen LogP contribution >= 0.6 is 0 Å². The molecule has 1 nitrogen and oxygen atoms in total. The molecule has 0 saturated carbocycles. The number of hydrogen-bond donors (Lipinski definition) is 1. The third-order valence-electron chi connectivity index (χ3n) is 4.81. The number of rotatable bonds is 7. The molecule has 0 saturated heterocycles. The van der Waals surface area contributed by atoms with Gasteiger partial charge in [0.1, 0.15) is 0 Å². The minimum atomic E-state index is -0.813. The lowest BCUT2D eigenvalue weighted by atomic mass is 9.82. The smallest absolute Gasteiger partial charge is 0.0936 e. The summed E-state index contributed by atoms with van der Waals surface area (Å²) in [5.41, 5.74) is 3.75. The van der Waals surface area contributed by atoms with Crippen LogP contribution in [-0.4, -0.2) is 5.11 Å². The Hall–Kier alpha value is -2.38. The van der Waals surface area contributed by atoms with Gasteiger partial charge in [0.05, 0.1) is 5.60 Å². The second-order valence-corrected chi connectivity index (χ2v) is 6.74. The van der Waals surface area contributed by atoms with Crippen molar-refractivity contribution in [3.8, 4) is 11.1 Å². The van der Waals surface area contributed by atoms with E-state index in [1.54, 1.807) is 0 Å². The lowest BCUT2D eigenvalue weighted by Gasteiger charge is -2.29. The predicted octanol–water partition coefficient (Wildman–Crippen LogP) is 5.97. The topological polar surface area (TPSA) is 20.2 Å². The molecular formula is C24H26O. The summed E-state index contributed by atoms with van der Waals surface area (Å²) in [6.07, 6.45) is 3.53. The Bertz CT molecular complexity index is 762. The lowest BCUT2D eigenvalue weighted by Crippen LogP contribution is -2.28. The number of unbranched alkanes of at least 4 members (excludes halogenated alkanes) is 1. The molecule has 0 fully saturated rings. The van der Waals surface area contributed by atoms with E-state index in [1.165, 1.54) is 16.7 Å². The summed E-state index contributed by atoms with van der Waals surface area (Å²) in [5.74, 6) is 0. The van der Waals surface area contributed by atoms with Crippen molar-refractivity contribution in [1.82, 2.24) is 0 Å². The van der Waals surface area contributed by atoms with Crippen molar-refractivity contribution in [3.63, 3.8) is 0 Å². The first-order valence-electron chi connectivity index (χ1n) is 9.13. The quantitative estimate of drug-likeness (QED) is 0.565. The molecule has 0 amide bonds. The Morgan fingerprint density at radius 3 is 1.88 bits per heavy atom. The number of aliphatic hydroxyl groups is 1. The molecule has 3 aromatic carbocycles. The monoisotopic (exact) mass is 330 g/mol. The Morgan fingerprint density at radius 2 is 1.28 bits per heavy atom. The SMILES string of the molecule is CCCCC(O)(Cc1ccccc1)c1ccc(-c2ccccc2)cc1. The normalized spacial score (nSPS) is 13.4. The van der Waals surface area contributed by atoms with E-state index in [0.29, 0.717) is 6.42 Å². The van der Waals surface area contributed by atoms with Crippen LogP contribution in [0.1, 0.15) is 37.3 Å². The van der Waals surface area contributed by atoms with Gasteiger partial charge in [0.15, 0.2) is 0 Å². The first-order valence-corrected chi connectivity index (χ1v) is 9.13. The molecule has 1 N–H and O–H groups in total. The van der Waals surface area contributed by atoms with E-state index in [9.17, 15) is 5.11 Å². The summed E-state index contributed by atoms with van der Waals surface area (Å²) in [6, 6.07) is 29.0. The fourth-order valence-corrected chi connectivity index (χ4v) is 3.34. The third-order valence-corrected chi connectivity index (χ3v) is 4.81. The Kier molecular flexibility index (Phi) is 5.67. The van der Waals surface area contributed by atoms with Crippen LogP contribution in [0.2, 0.25) is 0 Å². The highest BCUT2D eigenvalue weighted by atomic mass is 16.3. The first kappa shape index (κ1) is 17.4. The molecule has 3 rings (SSSR count). The molecule has 0 radical (unpaired) electrons. The van der Waals surface area contributed by atoms with Crippen molar-refractivity contribution in [3.05, 3.63) is 96.1 Å². The van der Waals surface area contributed by atoms with Gasteiger partial charge in [-0.2, -0.15) is 0 Å². The first-order chi connectivity index (χ1) is 12.2. The van der Waals surface area contributed by atoms with Crippen molar-refractivity contribution in [2.24, 2.45) is 0 Å². The summed E-state index contributed by atoms with van der Waals surface area (Å²) in [7, 11) is 0. The van der Waals surface area contributed by atoms with E-state index < -0.39 is 5.60 Å². The van der Waals surface area contributed by atoms with Crippen LogP contribution in [-0.2, 0) is 12.0 Å². The second kappa shape index (κ2) is 8.13. The van der Waals surface area contributed by atoms with E-state index in [1.807, 2.05) is 24.3 Å². The van der Waals surface area contributed by atoms with Gasteiger partial charge in [0.25, 0.3) is 0 Å². The van der Waals surface area contributed by atoms with Gasteiger partial charge in [0, 0.05) is 6.42 Å². The van der Waals surface area contributed by atoms with E-state index in [4.69, 9.17) is 0 Å². The molecule has 0 aliphatic heterocycles. The molecular weight excluding hydrogens is 304 g/mol. The van der Waals surface area contributed by atoms with Gasteiger partial charge in [-0.3, -0.25) is 0 Å². The molecule has 0 aliphatic carbocycles. The molecule has 0 aliphatic rings. The molecule has 3 aromatic rings. The maximum absolute atomic E-state index is 11.4. The Morgan fingerprint density at radius 1 is 0.720 bits per heavy atom. The van der Waals surface area contributed by atoms with Crippen molar-refractivity contribution in [1.29, 1.82) is 0 Å². The van der Waals surface area contributed by atoms with Gasteiger partial charge in [-0.05, 0) is 28.7 Å². The standard InChI is InChI=1S/C24H26O/c1-2-3-18-24(25,19-20-10-6-4-7-11-20)23-16-14-22(15-17-23)21-12-8-5-9-13-21/h4-17,25H,2-3,18-19H2,1H3. The molecule has 1 unspecified atom stereocenters. The number of hydrogen-bond acceptors (Lipinski definition) is 1. The maximum Gasteiger partial charge on any atom is 0.0936 e. The highest BCUT2D eigenvalue weighted by Gasteiger charge is 2.28. The molecule has 1 heteroatoms. The van der Waals surface area contributed by atoms with Crippen molar-refractivity contribution in [2.75, 3.05) is 0 Å². The molecule has 0 spiro atoms. The summed E-state index contributed by atoms with van der Waals surface area (Å²) in [4.78, 5) is 0. The van der Waals surface area contributed by atoms with Crippen LogP contribution in [0.5, 0.6) is 0 Å². The van der Waals surface area contributed by atoms with Crippen LogP contribution < -0.4 is 0 Å². The molecule has 0 heterocycles. The van der Waals surface area contributed by atoms with E-state index in [2.05, 4.69) is 67.6 Å². The van der Waals surface area contributed by atoms with Crippen LogP contribution in [0.4, 0.5) is 0 Å². The zero-order valence-corrected chi connectivity index (χ0v) is 14.9. The van der Waals surface area contributed by atoms with Gasteiger partial charge in [-0.15, -0.1) is 0 Å². The molecule has 0 aromatic heterocycles. The Labute approximate surface area is 151 Å². The van der Waals surface area contributed by atoms with E-state index >= 15 is 0 Å². The van der Waals surface area contributed by atoms with Crippen LogP contribution in [0.25, 0.3) is 11.1 Å². The van der Waals surface area contributed by atoms with Gasteiger partial charge in [-0.1, -0.05) is 105 Å². The highest BCUT2D eigenvalue weighted by Crippen LogP contribution is 2.32. The lowest BCUT2D eigenvalue weighted by molar-refractivity contribution is 0.0254. The van der Waals surface area contributed by atoms with Gasteiger partial charge in [-0.25, -0.2) is 0 Å². The summed E-state index contributed by atoms with van der Waals surface area (Å²) >= 11 is 0. The second-order valence-electron chi connectivity index (χ2n) is 6.74. The van der Waals surface area contributed by atoms with Crippen molar-refractivity contribution >= 4 is 0 Å². The van der Waals surface area contributed by atoms with E-state index in [0.717, 1.165) is 24.8 Å². The average Bonchev–Trinajstić information content (AvgIpc) is 2.68. The van der Waals surface area contributed by atoms with Crippen LogP contribution in [0.3, 0.4) is 0 Å². The zero-order chi connectivity index (χ0) is 17.5. The van der Waals surface area contributed by atoms with Crippen molar-refractivity contribution in [2.45, 2.75) is 38.2 Å². The fraction of sp³-hybridized carbons (Fsp3) is 0.250. The average molecular weight is 330 g/mol. The van der Waals surface area contributed by atoms with Crippen LogP contribution in [0, 0.1) is 0 Å².